The Morgan fingerprint density at radius 2 is 2.00 bits per heavy atom. The molecule has 0 radical (unpaired) electrons. The lowest BCUT2D eigenvalue weighted by Crippen LogP contribution is -2.37. The molecule has 10 heteroatoms. The highest BCUT2D eigenvalue weighted by Crippen LogP contribution is 2.27. The number of hydrogen-bond donors (Lipinski definition) is 3. The molecule has 0 amide bonds. The van der Waals surface area contributed by atoms with Gasteiger partial charge in [-0.25, -0.2) is 8.42 Å². The molecule has 0 atom stereocenters. The van der Waals surface area contributed by atoms with Crippen LogP contribution in [0.4, 0.5) is 11.4 Å². The average molecular weight is 346 g/mol. The fourth-order valence-corrected chi connectivity index (χ4v) is 2.53. The summed E-state index contributed by atoms with van der Waals surface area (Å²) in [6.45, 7) is 3.48. The van der Waals surface area contributed by atoms with Gasteiger partial charge in [-0.05, 0) is 31.3 Å². The average Bonchev–Trinajstić information content (AvgIpc) is 2.42. The molecule has 122 valence electrons. The Bertz CT molecular complexity index is 661. The number of sulfone groups is 1. The highest BCUT2D eigenvalue weighted by atomic mass is 32.2. The molecule has 0 saturated carbocycles. The fraction of sp³-hybridized carbons (Fsp3) is 0.417. The number of rotatable bonds is 7. The first-order valence-electron chi connectivity index (χ1n) is 6.49. The lowest BCUT2D eigenvalue weighted by Gasteiger charge is -2.11. The molecule has 1 aromatic rings. The van der Waals surface area contributed by atoms with E-state index in [1.807, 2.05) is 6.92 Å². The van der Waals surface area contributed by atoms with Crippen LogP contribution in [-0.2, 0) is 9.84 Å². The molecule has 0 heterocycles. The molecule has 1 rings (SSSR count). The minimum absolute atomic E-state index is 0.0869. The molecular formula is C12H18N4O4S2. The van der Waals surface area contributed by atoms with Crippen molar-refractivity contribution in [3.63, 3.8) is 0 Å². The summed E-state index contributed by atoms with van der Waals surface area (Å²) in [5.74, 6) is 0. The summed E-state index contributed by atoms with van der Waals surface area (Å²) in [4.78, 5) is 10.3. The van der Waals surface area contributed by atoms with Gasteiger partial charge in [-0.1, -0.05) is 0 Å². The van der Waals surface area contributed by atoms with E-state index >= 15 is 0 Å². The largest absolute Gasteiger partial charge is 0.378 e. The smallest absolute Gasteiger partial charge is 0.293 e. The van der Waals surface area contributed by atoms with E-state index in [9.17, 15) is 18.5 Å². The second-order valence-electron chi connectivity index (χ2n) is 4.42. The maximum absolute atomic E-state index is 11.4. The molecule has 0 spiro atoms. The van der Waals surface area contributed by atoms with Crippen LogP contribution < -0.4 is 16.0 Å². The van der Waals surface area contributed by atoms with Crippen LogP contribution in [0, 0.1) is 10.1 Å². The van der Waals surface area contributed by atoms with Crippen molar-refractivity contribution in [3.8, 4) is 0 Å². The standard InChI is InChI=1S/C12H18N4O4S2/c1-3-13-12(21)15-7-6-14-10-5-4-9(22(2,19)20)8-11(10)16(17)18/h4-5,8,14H,3,6-7H2,1-2H3,(H2,13,15,21). The topological polar surface area (TPSA) is 113 Å². The molecule has 0 fully saturated rings. The normalized spacial score (nSPS) is 10.8. The molecule has 0 unspecified atom stereocenters. The van der Waals surface area contributed by atoms with E-state index in [0.717, 1.165) is 12.3 Å². The van der Waals surface area contributed by atoms with E-state index < -0.39 is 14.8 Å². The maximum atomic E-state index is 11.4. The van der Waals surface area contributed by atoms with Crippen molar-refractivity contribution in [1.29, 1.82) is 0 Å². The first-order chi connectivity index (χ1) is 10.3. The van der Waals surface area contributed by atoms with Gasteiger partial charge in [0.1, 0.15) is 5.69 Å². The predicted octanol–water partition coefficient (Wildman–Crippen LogP) is 0.894. The highest BCUT2D eigenvalue weighted by Gasteiger charge is 2.18. The summed E-state index contributed by atoms with van der Waals surface area (Å²) in [5.41, 5.74) is -0.0225. The van der Waals surface area contributed by atoms with Crippen molar-refractivity contribution in [2.75, 3.05) is 31.2 Å². The van der Waals surface area contributed by atoms with Gasteiger partial charge in [0.2, 0.25) is 0 Å². The van der Waals surface area contributed by atoms with Crippen LogP contribution in [0.3, 0.4) is 0 Å². The second-order valence-corrected chi connectivity index (χ2v) is 6.85. The van der Waals surface area contributed by atoms with Crippen molar-refractivity contribution in [1.82, 2.24) is 10.6 Å². The van der Waals surface area contributed by atoms with E-state index in [1.54, 1.807) is 0 Å². The van der Waals surface area contributed by atoms with Crippen molar-refractivity contribution >= 4 is 38.5 Å². The number of benzene rings is 1. The first kappa shape index (κ1) is 18.1. The van der Waals surface area contributed by atoms with Gasteiger partial charge < -0.3 is 16.0 Å². The number of nitro groups is 1. The molecule has 0 aliphatic heterocycles. The zero-order valence-electron chi connectivity index (χ0n) is 12.3. The fourth-order valence-electron chi connectivity index (χ4n) is 1.64. The zero-order valence-corrected chi connectivity index (χ0v) is 13.9. The summed E-state index contributed by atoms with van der Waals surface area (Å²) < 4.78 is 22.9. The molecule has 0 aromatic heterocycles. The Hall–Kier alpha value is -1.94. The second kappa shape index (κ2) is 7.90. The van der Waals surface area contributed by atoms with Crippen LogP contribution in [0.2, 0.25) is 0 Å². The molecular weight excluding hydrogens is 328 g/mol. The Labute approximate surface area is 134 Å². The Morgan fingerprint density at radius 3 is 2.55 bits per heavy atom. The number of anilines is 1. The lowest BCUT2D eigenvalue weighted by molar-refractivity contribution is -0.384. The summed E-state index contributed by atoms with van der Waals surface area (Å²) in [7, 11) is -3.49. The SMILES string of the molecule is CCNC(=S)NCCNc1ccc(S(C)(=O)=O)cc1[N+](=O)[O-]. The number of nitro benzene ring substituents is 1. The molecule has 3 N–H and O–H groups in total. The summed E-state index contributed by atoms with van der Waals surface area (Å²) in [6, 6.07) is 3.77. The Balaban J connectivity index is 2.75. The number of nitrogens with one attached hydrogen (secondary N) is 3. The monoisotopic (exact) mass is 346 g/mol. The van der Waals surface area contributed by atoms with Crippen molar-refractivity contribution < 1.29 is 13.3 Å². The Morgan fingerprint density at radius 1 is 1.32 bits per heavy atom. The number of thiocarbonyl (C=S) groups is 1. The highest BCUT2D eigenvalue weighted by molar-refractivity contribution is 7.90. The molecule has 0 bridgehead atoms. The molecule has 0 saturated heterocycles. The van der Waals surface area contributed by atoms with Gasteiger partial charge in [0, 0.05) is 32.0 Å². The molecule has 22 heavy (non-hydrogen) atoms. The maximum Gasteiger partial charge on any atom is 0.293 e. The molecule has 1 aromatic carbocycles. The minimum atomic E-state index is -3.49. The van der Waals surface area contributed by atoms with Crippen LogP contribution in [0.25, 0.3) is 0 Å². The van der Waals surface area contributed by atoms with Crippen LogP contribution in [0.1, 0.15) is 6.92 Å². The van der Waals surface area contributed by atoms with Crippen molar-refractivity contribution in [3.05, 3.63) is 28.3 Å². The van der Waals surface area contributed by atoms with Gasteiger partial charge in [0.05, 0.1) is 9.82 Å². The number of nitrogens with zero attached hydrogens (tertiary/aromatic N) is 1. The molecule has 8 nitrogen and oxygen atoms in total. The summed E-state index contributed by atoms with van der Waals surface area (Å²) in [5, 5.41) is 20.3. The number of hydrogen-bond acceptors (Lipinski definition) is 6. The third-order valence-corrected chi connectivity index (χ3v) is 4.06. The van der Waals surface area contributed by atoms with E-state index in [1.165, 1.54) is 12.1 Å². The Kier molecular flexibility index (Phi) is 6.50. The minimum Gasteiger partial charge on any atom is -0.378 e. The van der Waals surface area contributed by atoms with E-state index in [-0.39, 0.29) is 16.3 Å². The van der Waals surface area contributed by atoms with Gasteiger partial charge in [-0.3, -0.25) is 10.1 Å². The molecule has 0 aliphatic rings. The van der Waals surface area contributed by atoms with E-state index in [4.69, 9.17) is 12.2 Å². The zero-order chi connectivity index (χ0) is 16.8. The van der Waals surface area contributed by atoms with Crippen molar-refractivity contribution in [2.24, 2.45) is 0 Å². The van der Waals surface area contributed by atoms with Gasteiger partial charge >= 0.3 is 0 Å². The van der Waals surface area contributed by atoms with E-state index in [0.29, 0.717) is 24.7 Å². The van der Waals surface area contributed by atoms with Crippen LogP contribution in [0.5, 0.6) is 0 Å². The van der Waals surface area contributed by atoms with Crippen LogP contribution in [0.15, 0.2) is 23.1 Å². The third-order valence-electron chi connectivity index (χ3n) is 2.66. The first-order valence-corrected chi connectivity index (χ1v) is 8.79. The van der Waals surface area contributed by atoms with Crippen LogP contribution in [-0.4, -0.2) is 44.3 Å². The predicted molar refractivity (Wildman–Crippen MR) is 89.0 cm³/mol. The summed E-state index contributed by atoms with van der Waals surface area (Å²) in [6.07, 6.45) is 1.00. The van der Waals surface area contributed by atoms with Gasteiger partial charge in [-0.2, -0.15) is 0 Å². The summed E-state index contributed by atoms with van der Waals surface area (Å²) >= 11 is 4.98. The quantitative estimate of drug-likeness (QED) is 0.289. The van der Waals surface area contributed by atoms with Gasteiger partial charge in [-0.15, -0.1) is 0 Å². The van der Waals surface area contributed by atoms with Gasteiger partial charge in [0.25, 0.3) is 5.69 Å². The van der Waals surface area contributed by atoms with Crippen LogP contribution >= 0.6 is 12.2 Å². The van der Waals surface area contributed by atoms with E-state index in [2.05, 4.69) is 16.0 Å². The molecule has 0 aliphatic carbocycles. The third kappa shape index (κ3) is 5.45. The van der Waals surface area contributed by atoms with Crippen molar-refractivity contribution in [2.45, 2.75) is 11.8 Å². The lowest BCUT2D eigenvalue weighted by atomic mass is 10.2. The van der Waals surface area contributed by atoms with Gasteiger partial charge in [0.15, 0.2) is 14.9 Å².